The molecule has 1 aromatic rings. The number of rotatable bonds is 3. The van der Waals surface area contributed by atoms with Crippen molar-refractivity contribution >= 4 is 29.4 Å². The summed E-state index contributed by atoms with van der Waals surface area (Å²) in [6, 6.07) is 4.95. The summed E-state index contributed by atoms with van der Waals surface area (Å²) < 4.78 is 9.46. The lowest BCUT2D eigenvalue weighted by Crippen LogP contribution is -2.10. The fourth-order valence-electron chi connectivity index (χ4n) is 0.947. The maximum Gasteiger partial charge on any atom is 0.513 e. The first kappa shape index (κ1) is 12.1. The van der Waals surface area contributed by atoms with E-state index in [4.69, 9.17) is 27.9 Å². The van der Waals surface area contributed by atoms with E-state index in [-0.39, 0.29) is 12.4 Å². The smallest absolute Gasteiger partial charge is 0.434 e. The Hall–Kier alpha value is -0.930. The van der Waals surface area contributed by atoms with Crippen molar-refractivity contribution in [2.24, 2.45) is 0 Å². The van der Waals surface area contributed by atoms with E-state index in [0.29, 0.717) is 10.9 Å². The Bertz CT molecular complexity index is 353. The predicted octanol–water partition coefficient (Wildman–Crippen LogP) is 3.61. The van der Waals surface area contributed by atoms with Gasteiger partial charge < -0.3 is 9.47 Å². The lowest BCUT2D eigenvalue weighted by Gasteiger charge is -2.06. The summed E-state index contributed by atoms with van der Waals surface area (Å²) >= 11 is 11.5. The number of halogens is 2. The van der Waals surface area contributed by atoms with Gasteiger partial charge in [-0.05, 0) is 24.6 Å². The van der Waals surface area contributed by atoms with E-state index in [9.17, 15) is 4.79 Å². The number of benzene rings is 1. The zero-order chi connectivity index (χ0) is 11.3. The molecule has 5 heteroatoms. The van der Waals surface area contributed by atoms with Crippen LogP contribution in [0.3, 0.4) is 0 Å². The second-order valence-corrected chi connectivity index (χ2v) is 3.36. The van der Waals surface area contributed by atoms with Crippen LogP contribution in [0, 0.1) is 0 Å². The van der Waals surface area contributed by atoms with Crippen LogP contribution in [0.25, 0.3) is 0 Å². The molecule has 0 N–H and O–H groups in total. The van der Waals surface area contributed by atoms with Crippen LogP contribution in [-0.4, -0.2) is 12.8 Å². The summed E-state index contributed by atoms with van der Waals surface area (Å²) in [5.74, 6) is 0.628. The molecule has 0 unspecified atom stereocenters. The minimum atomic E-state index is -0.766. The molecule has 0 spiro atoms. The van der Waals surface area contributed by atoms with Crippen molar-refractivity contribution in [2.45, 2.75) is 12.8 Å². The van der Waals surface area contributed by atoms with Crippen molar-refractivity contribution in [3.8, 4) is 5.75 Å². The highest BCUT2D eigenvalue weighted by atomic mass is 35.5. The zero-order valence-corrected chi connectivity index (χ0v) is 9.64. The van der Waals surface area contributed by atoms with Gasteiger partial charge in [-0.3, -0.25) is 0 Å². The molecule has 0 aliphatic heterocycles. The third-order valence-corrected chi connectivity index (χ3v) is 2.21. The Kier molecular flexibility index (Phi) is 4.72. The van der Waals surface area contributed by atoms with Crippen LogP contribution in [-0.2, 0) is 10.6 Å². The van der Waals surface area contributed by atoms with E-state index < -0.39 is 6.16 Å². The largest absolute Gasteiger partial charge is 0.513 e. The third-order valence-electron chi connectivity index (χ3n) is 1.61. The maximum absolute atomic E-state index is 11.0. The van der Waals surface area contributed by atoms with E-state index in [1.165, 1.54) is 0 Å². The van der Waals surface area contributed by atoms with Crippen molar-refractivity contribution < 1.29 is 14.3 Å². The Balaban J connectivity index is 2.73. The van der Waals surface area contributed by atoms with Crippen LogP contribution < -0.4 is 4.74 Å². The van der Waals surface area contributed by atoms with Gasteiger partial charge in [-0.1, -0.05) is 17.7 Å². The van der Waals surface area contributed by atoms with Crippen molar-refractivity contribution in [3.63, 3.8) is 0 Å². The molecule has 1 rings (SSSR count). The van der Waals surface area contributed by atoms with Gasteiger partial charge in [0.1, 0.15) is 0 Å². The molecule has 3 nitrogen and oxygen atoms in total. The van der Waals surface area contributed by atoms with Crippen molar-refractivity contribution in [3.05, 3.63) is 28.8 Å². The molecule has 0 saturated carbocycles. The molecule has 0 atom stereocenters. The summed E-state index contributed by atoms with van der Waals surface area (Å²) in [4.78, 5) is 11.0. The lowest BCUT2D eigenvalue weighted by molar-refractivity contribution is 0.104. The molecule has 82 valence electrons. The number of hydrogen-bond acceptors (Lipinski definition) is 3. The fraction of sp³-hybridized carbons (Fsp3) is 0.300. The molecule has 0 aliphatic carbocycles. The fourth-order valence-corrected chi connectivity index (χ4v) is 1.36. The highest BCUT2D eigenvalue weighted by Crippen LogP contribution is 2.26. The first-order valence-electron chi connectivity index (χ1n) is 4.36. The quantitative estimate of drug-likeness (QED) is 0.466. The molecule has 15 heavy (non-hydrogen) atoms. The summed E-state index contributed by atoms with van der Waals surface area (Å²) in [5, 5.41) is 0.334. The van der Waals surface area contributed by atoms with Gasteiger partial charge in [-0.15, -0.1) is 11.6 Å². The number of carbonyl (C=O) groups is 1. The van der Waals surface area contributed by atoms with Crippen LogP contribution in [0.15, 0.2) is 18.2 Å². The number of alkyl halides is 1. The summed E-state index contributed by atoms with van der Waals surface area (Å²) in [6.45, 7) is 1.95. The Morgan fingerprint density at radius 3 is 2.73 bits per heavy atom. The van der Waals surface area contributed by atoms with Crippen LogP contribution in [0.5, 0.6) is 5.75 Å². The number of carbonyl (C=O) groups excluding carboxylic acids is 1. The monoisotopic (exact) mass is 248 g/mol. The van der Waals surface area contributed by atoms with Crippen molar-refractivity contribution in [1.82, 2.24) is 0 Å². The normalized spacial score (nSPS) is 9.80. The van der Waals surface area contributed by atoms with Gasteiger partial charge in [-0.2, -0.15) is 0 Å². The average Bonchev–Trinajstić information content (AvgIpc) is 2.21. The van der Waals surface area contributed by atoms with Gasteiger partial charge in [-0.25, -0.2) is 4.79 Å². The minimum Gasteiger partial charge on any atom is -0.434 e. The molecule has 1 aromatic carbocycles. The Labute approximate surface area is 97.9 Å². The molecule has 0 aromatic heterocycles. The van der Waals surface area contributed by atoms with E-state index in [2.05, 4.69) is 4.74 Å². The summed E-state index contributed by atoms with van der Waals surface area (Å²) in [7, 11) is 0. The Morgan fingerprint density at radius 2 is 2.20 bits per heavy atom. The van der Waals surface area contributed by atoms with Crippen LogP contribution in [0.4, 0.5) is 4.79 Å². The standard InChI is InChI=1S/C10H10Cl2O3/c1-2-14-10(13)15-9-4-3-7(6-11)5-8(9)12/h3-5H,2,6H2,1H3. The number of ether oxygens (including phenoxy) is 2. The van der Waals surface area contributed by atoms with Gasteiger partial charge in [0, 0.05) is 5.88 Å². The van der Waals surface area contributed by atoms with Gasteiger partial charge in [0.2, 0.25) is 0 Å². The molecule has 0 radical (unpaired) electrons. The summed E-state index contributed by atoms with van der Waals surface area (Å²) in [5.41, 5.74) is 0.859. The molecule has 0 amide bonds. The molecule has 0 heterocycles. The highest BCUT2D eigenvalue weighted by molar-refractivity contribution is 6.32. The summed E-state index contributed by atoms with van der Waals surface area (Å²) in [6.07, 6.45) is -0.766. The van der Waals surface area contributed by atoms with E-state index >= 15 is 0 Å². The molecule has 0 fully saturated rings. The van der Waals surface area contributed by atoms with E-state index in [1.54, 1.807) is 25.1 Å². The van der Waals surface area contributed by atoms with Gasteiger partial charge in [0.25, 0.3) is 0 Å². The van der Waals surface area contributed by atoms with E-state index in [0.717, 1.165) is 5.56 Å². The second-order valence-electron chi connectivity index (χ2n) is 2.68. The molecular weight excluding hydrogens is 239 g/mol. The van der Waals surface area contributed by atoms with Gasteiger partial charge in [0.05, 0.1) is 11.6 Å². The average molecular weight is 249 g/mol. The second kappa shape index (κ2) is 5.83. The minimum absolute atomic E-state index is 0.260. The van der Waals surface area contributed by atoms with Crippen LogP contribution in [0.1, 0.15) is 12.5 Å². The van der Waals surface area contributed by atoms with Crippen LogP contribution in [0.2, 0.25) is 5.02 Å². The topological polar surface area (TPSA) is 35.5 Å². The third kappa shape index (κ3) is 3.61. The molecule has 0 saturated heterocycles. The predicted molar refractivity (Wildman–Crippen MR) is 58.7 cm³/mol. The highest BCUT2D eigenvalue weighted by Gasteiger charge is 2.08. The van der Waals surface area contributed by atoms with Gasteiger partial charge >= 0.3 is 6.16 Å². The Morgan fingerprint density at radius 1 is 1.47 bits per heavy atom. The van der Waals surface area contributed by atoms with Crippen molar-refractivity contribution in [2.75, 3.05) is 6.61 Å². The molecule has 0 bridgehead atoms. The van der Waals surface area contributed by atoms with Crippen molar-refractivity contribution in [1.29, 1.82) is 0 Å². The maximum atomic E-state index is 11.0. The lowest BCUT2D eigenvalue weighted by atomic mass is 10.2. The SMILES string of the molecule is CCOC(=O)Oc1ccc(CCl)cc1Cl. The van der Waals surface area contributed by atoms with E-state index in [1.807, 2.05) is 0 Å². The first-order chi connectivity index (χ1) is 7.17. The molecular formula is C10H10Cl2O3. The first-order valence-corrected chi connectivity index (χ1v) is 5.27. The number of hydrogen-bond donors (Lipinski definition) is 0. The van der Waals surface area contributed by atoms with Gasteiger partial charge in [0.15, 0.2) is 5.75 Å². The zero-order valence-electron chi connectivity index (χ0n) is 8.13. The van der Waals surface area contributed by atoms with Crippen LogP contribution >= 0.6 is 23.2 Å². The molecule has 0 aliphatic rings.